The van der Waals surface area contributed by atoms with Gasteiger partial charge in [0, 0.05) is 18.3 Å². The Labute approximate surface area is 146 Å². The number of methoxy groups -OCH3 is 1. The summed E-state index contributed by atoms with van der Waals surface area (Å²) >= 11 is 0. The first-order chi connectivity index (χ1) is 11.3. The number of hydrogen-bond acceptors (Lipinski definition) is 4. The second-order valence-electron chi connectivity index (χ2n) is 7.12. The Bertz CT molecular complexity index is 493. The molecule has 136 valence electrons. The number of Topliss-reactive ketones (excluding diaryl/α,β-unsaturated/α-hetero) is 1. The summed E-state index contributed by atoms with van der Waals surface area (Å²) in [6, 6.07) is 7.75. The lowest BCUT2D eigenvalue weighted by atomic mass is 9.86. The van der Waals surface area contributed by atoms with Gasteiger partial charge in [-0.05, 0) is 23.6 Å². The Balaban J connectivity index is 2.66. The molecule has 4 nitrogen and oxygen atoms in total. The molecule has 0 aromatic heterocycles. The zero-order chi connectivity index (χ0) is 18.3. The minimum Gasteiger partial charge on any atom is -0.497 e. The van der Waals surface area contributed by atoms with Gasteiger partial charge < -0.3 is 14.6 Å². The highest BCUT2D eigenvalue weighted by Crippen LogP contribution is 2.24. The molecule has 0 unspecified atom stereocenters. The number of aliphatic hydroxyl groups is 1. The molecule has 0 amide bonds. The summed E-state index contributed by atoms with van der Waals surface area (Å²) in [5.41, 5.74) is 1.06. The molecule has 0 saturated carbocycles. The van der Waals surface area contributed by atoms with E-state index in [1.807, 2.05) is 45.0 Å². The van der Waals surface area contributed by atoms with E-state index in [0.29, 0.717) is 6.61 Å². The van der Waals surface area contributed by atoms with Gasteiger partial charge in [0.25, 0.3) is 0 Å². The molecule has 24 heavy (non-hydrogen) atoms. The van der Waals surface area contributed by atoms with E-state index in [1.165, 1.54) is 0 Å². The fraction of sp³-hybridized carbons (Fsp3) is 0.650. The molecule has 1 aromatic rings. The molecule has 4 heteroatoms. The predicted octanol–water partition coefficient (Wildman–Crippen LogP) is 3.85. The van der Waals surface area contributed by atoms with Gasteiger partial charge in [-0.1, -0.05) is 46.8 Å². The van der Waals surface area contributed by atoms with Crippen LogP contribution in [0.5, 0.6) is 5.75 Å². The third-order valence-electron chi connectivity index (χ3n) is 4.44. The lowest BCUT2D eigenvalue weighted by molar-refractivity contribution is -0.126. The van der Waals surface area contributed by atoms with Crippen molar-refractivity contribution in [2.24, 2.45) is 17.8 Å². The van der Waals surface area contributed by atoms with Crippen molar-refractivity contribution in [1.82, 2.24) is 0 Å². The predicted molar refractivity (Wildman–Crippen MR) is 96.0 cm³/mol. The van der Waals surface area contributed by atoms with Crippen molar-refractivity contribution in [2.75, 3.05) is 7.11 Å². The molecule has 1 N–H and O–H groups in total. The van der Waals surface area contributed by atoms with E-state index < -0.39 is 6.10 Å². The molecule has 3 atom stereocenters. The summed E-state index contributed by atoms with van der Waals surface area (Å²) in [7, 11) is 1.64. The standard InChI is InChI=1S/C20H32O4/c1-13(2)18(21)11-19(22)15(5)20(14(3)4)24-12-16-7-9-17(23-6)10-8-16/h7-10,13-15,19-20,22H,11-12H2,1-6H3/t15-,19+,20+/m0/s1. The smallest absolute Gasteiger partial charge is 0.138 e. The van der Waals surface area contributed by atoms with E-state index in [4.69, 9.17) is 9.47 Å². The number of hydrogen-bond donors (Lipinski definition) is 1. The van der Waals surface area contributed by atoms with Crippen LogP contribution in [-0.2, 0) is 16.1 Å². The van der Waals surface area contributed by atoms with Crippen LogP contribution < -0.4 is 4.74 Å². The summed E-state index contributed by atoms with van der Waals surface area (Å²) in [5, 5.41) is 10.4. The quantitative estimate of drug-likeness (QED) is 0.705. The van der Waals surface area contributed by atoms with Crippen molar-refractivity contribution in [3.05, 3.63) is 29.8 Å². The molecule has 0 radical (unpaired) electrons. The van der Waals surface area contributed by atoms with Crippen LogP contribution in [0.15, 0.2) is 24.3 Å². The summed E-state index contributed by atoms with van der Waals surface area (Å²) in [4.78, 5) is 11.9. The van der Waals surface area contributed by atoms with Crippen LogP contribution in [0.1, 0.15) is 46.6 Å². The van der Waals surface area contributed by atoms with E-state index in [-0.39, 0.29) is 36.1 Å². The fourth-order valence-corrected chi connectivity index (χ4v) is 2.71. The number of benzene rings is 1. The number of ketones is 1. The number of aliphatic hydroxyl groups excluding tert-OH is 1. The first kappa shape index (κ1) is 20.7. The van der Waals surface area contributed by atoms with Gasteiger partial charge in [0.2, 0.25) is 0 Å². The Kier molecular flexibility index (Phi) is 8.43. The Morgan fingerprint density at radius 2 is 1.67 bits per heavy atom. The van der Waals surface area contributed by atoms with Gasteiger partial charge in [-0.25, -0.2) is 0 Å². The number of carbonyl (C=O) groups is 1. The highest BCUT2D eigenvalue weighted by Gasteiger charge is 2.29. The Hall–Kier alpha value is -1.39. The van der Waals surface area contributed by atoms with E-state index >= 15 is 0 Å². The van der Waals surface area contributed by atoms with Crippen molar-refractivity contribution in [2.45, 2.75) is 59.9 Å². The van der Waals surface area contributed by atoms with Crippen molar-refractivity contribution in [3.63, 3.8) is 0 Å². The largest absolute Gasteiger partial charge is 0.497 e. The van der Waals surface area contributed by atoms with Crippen molar-refractivity contribution >= 4 is 5.78 Å². The van der Waals surface area contributed by atoms with Crippen LogP contribution in [0.4, 0.5) is 0 Å². The Morgan fingerprint density at radius 3 is 2.12 bits per heavy atom. The van der Waals surface area contributed by atoms with Crippen LogP contribution in [-0.4, -0.2) is 30.2 Å². The molecule has 0 aliphatic carbocycles. The molecule has 0 heterocycles. The number of ether oxygens (including phenoxy) is 2. The van der Waals surface area contributed by atoms with Crippen molar-refractivity contribution < 1.29 is 19.4 Å². The average molecular weight is 336 g/mol. The molecule has 1 aromatic carbocycles. The van der Waals surface area contributed by atoms with E-state index in [2.05, 4.69) is 13.8 Å². The maximum atomic E-state index is 11.9. The van der Waals surface area contributed by atoms with Crippen LogP contribution in [0.3, 0.4) is 0 Å². The topological polar surface area (TPSA) is 55.8 Å². The summed E-state index contributed by atoms with van der Waals surface area (Å²) < 4.78 is 11.2. The molecular formula is C20H32O4. The fourth-order valence-electron chi connectivity index (χ4n) is 2.71. The normalized spacial score (nSPS) is 15.4. The maximum Gasteiger partial charge on any atom is 0.138 e. The van der Waals surface area contributed by atoms with Gasteiger partial charge in [-0.3, -0.25) is 4.79 Å². The molecular weight excluding hydrogens is 304 g/mol. The van der Waals surface area contributed by atoms with Gasteiger partial charge in [-0.15, -0.1) is 0 Å². The van der Waals surface area contributed by atoms with Crippen LogP contribution >= 0.6 is 0 Å². The minimum atomic E-state index is -0.678. The van der Waals surface area contributed by atoms with Crippen LogP contribution in [0.2, 0.25) is 0 Å². The minimum absolute atomic E-state index is 0.0513. The van der Waals surface area contributed by atoms with Gasteiger partial charge >= 0.3 is 0 Å². The molecule has 0 saturated heterocycles. The second kappa shape index (κ2) is 9.80. The maximum absolute atomic E-state index is 11.9. The summed E-state index contributed by atoms with van der Waals surface area (Å²) in [6.07, 6.45) is -0.598. The summed E-state index contributed by atoms with van der Waals surface area (Å²) in [5.74, 6) is 1.000. The zero-order valence-electron chi connectivity index (χ0n) is 15.8. The van der Waals surface area contributed by atoms with Gasteiger partial charge in [-0.2, -0.15) is 0 Å². The Morgan fingerprint density at radius 1 is 1.08 bits per heavy atom. The van der Waals surface area contributed by atoms with Gasteiger partial charge in [0.1, 0.15) is 11.5 Å². The molecule has 0 aliphatic rings. The monoisotopic (exact) mass is 336 g/mol. The van der Waals surface area contributed by atoms with Crippen molar-refractivity contribution in [3.8, 4) is 5.75 Å². The molecule has 0 bridgehead atoms. The van der Waals surface area contributed by atoms with E-state index in [0.717, 1.165) is 11.3 Å². The number of rotatable bonds is 10. The average Bonchev–Trinajstić information content (AvgIpc) is 2.54. The SMILES string of the molecule is COc1ccc(CO[C@H](C(C)C)[C@@H](C)[C@H](O)CC(=O)C(C)C)cc1. The lowest BCUT2D eigenvalue weighted by Crippen LogP contribution is -2.37. The van der Waals surface area contributed by atoms with Gasteiger partial charge in [0.05, 0.1) is 25.9 Å². The first-order valence-electron chi connectivity index (χ1n) is 8.71. The molecule has 0 fully saturated rings. The van der Waals surface area contributed by atoms with Crippen LogP contribution in [0, 0.1) is 17.8 Å². The molecule has 0 aliphatic heterocycles. The first-order valence-corrected chi connectivity index (χ1v) is 8.71. The second-order valence-corrected chi connectivity index (χ2v) is 7.12. The van der Waals surface area contributed by atoms with E-state index in [1.54, 1.807) is 7.11 Å². The zero-order valence-corrected chi connectivity index (χ0v) is 15.8. The van der Waals surface area contributed by atoms with Crippen LogP contribution in [0.25, 0.3) is 0 Å². The molecule has 0 spiro atoms. The van der Waals surface area contributed by atoms with E-state index in [9.17, 15) is 9.90 Å². The highest BCUT2D eigenvalue weighted by atomic mass is 16.5. The van der Waals surface area contributed by atoms with Gasteiger partial charge in [0.15, 0.2) is 0 Å². The van der Waals surface area contributed by atoms with Crippen molar-refractivity contribution in [1.29, 1.82) is 0 Å². The number of carbonyl (C=O) groups excluding carboxylic acids is 1. The third kappa shape index (κ3) is 6.25. The highest BCUT2D eigenvalue weighted by molar-refractivity contribution is 5.80. The molecule has 1 rings (SSSR count). The summed E-state index contributed by atoms with van der Waals surface area (Å²) in [6.45, 7) is 10.3. The third-order valence-corrected chi connectivity index (χ3v) is 4.44. The lowest BCUT2D eigenvalue weighted by Gasteiger charge is -2.31.